The minimum atomic E-state index is -2.68. The molecular formula is C7H6O7. The van der Waals surface area contributed by atoms with Gasteiger partial charge in [0, 0.05) is 0 Å². The average Bonchev–Trinajstić information content (AvgIpc) is 2.53. The predicted molar refractivity (Wildman–Crippen MR) is 37.2 cm³/mol. The Balaban J connectivity index is 2.60. The summed E-state index contributed by atoms with van der Waals surface area (Å²) in [5, 5.41) is 37.0. The molecule has 76 valence electrons. The van der Waals surface area contributed by atoms with E-state index in [0.717, 1.165) is 5.94 Å². The second-order valence-corrected chi connectivity index (χ2v) is 3.23. The Morgan fingerprint density at radius 2 is 1.93 bits per heavy atom. The van der Waals surface area contributed by atoms with Crippen molar-refractivity contribution in [3.8, 4) is 0 Å². The number of carbonyl (C=O) groups is 1. The molecule has 14 heavy (non-hydrogen) atoms. The zero-order chi connectivity index (χ0) is 10.8. The van der Waals surface area contributed by atoms with E-state index in [4.69, 9.17) is 5.11 Å². The maximum atomic E-state index is 11.0. The molecule has 1 saturated heterocycles. The second-order valence-electron chi connectivity index (χ2n) is 3.23. The molecule has 1 heterocycles. The number of rotatable bonds is 1. The Kier molecular flexibility index (Phi) is 1.37. The highest BCUT2D eigenvalue weighted by Crippen LogP contribution is 2.60. The maximum absolute atomic E-state index is 11.0. The molecule has 4 N–H and O–H groups in total. The number of hydrogen-bond acceptors (Lipinski definition) is 7. The molecule has 0 bridgehead atoms. The van der Waals surface area contributed by atoms with Gasteiger partial charge in [-0.1, -0.05) is 0 Å². The van der Waals surface area contributed by atoms with Gasteiger partial charge in [0.15, 0.2) is 5.94 Å². The Morgan fingerprint density at radius 1 is 1.36 bits per heavy atom. The van der Waals surface area contributed by atoms with Crippen molar-refractivity contribution in [1.82, 2.24) is 0 Å². The molecule has 1 aliphatic carbocycles. The lowest BCUT2D eigenvalue weighted by Gasteiger charge is -2.23. The predicted octanol–water partition coefficient (Wildman–Crippen LogP) is -3.54. The molecule has 0 spiro atoms. The zero-order valence-electron chi connectivity index (χ0n) is 6.72. The molecule has 2 rings (SSSR count). The molecule has 7 nitrogen and oxygen atoms in total. The van der Waals surface area contributed by atoms with Gasteiger partial charge in [-0.2, -0.15) is 0 Å². The molecule has 0 aromatic rings. The molecule has 1 unspecified atom stereocenters. The molecule has 0 aromatic heterocycles. The van der Waals surface area contributed by atoms with E-state index in [1.54, 1.807) is 0 Å². The highest BCUT2D eigenvalue weighted by molar-refractivity contribution is 6.20. The van der Waals surface area contributed by atoms with Gasteiger partial charge < -0.3 is 25.2 Å². The van der Waals surface area contributed by atoms with Crippen LogP contribution in [0.1, 0.15) is 0 Å². The second kappa shape index (κ2) is 2.05. The minimum absolute atomic E-state index is 0.915. The van der Waals surface area contributed by atoms with Crippen LogP contribution in [0.4, 0.5) is 0 Å². The molecule has 3 atom stereocenters. The van der Waals surface area contributed by atoms with Crippen LogP contribution >= 0.6 is 0 Å². The van der Waals surface area contributed by atoms with Gasteiger partial charge in [-0.05, 0) is 0 Å². The summed E-state index contributed by atoms with van der Waals surface area (Å²) >= 11 is 0. The van der Waals surface area contributed by atoms with E-state index >= 15 is 0 Å². The largest absolute Gasteiger partial charge is 0.445 e. The van der Waals surface area contributed by atoms with Gasteiger partial charge in [-0.25, -0.2) is 4.79 Å². The third-order valence-electron chi connectivity index (χ3n) is 2.59. The van der Waals surface area contributed by atoms with Crippen molar-refractivity contribution in [2.24, 2.45) is 0 Å². The Morgan fingerprint density at radius 3 is 2.21 bits per heavy atom. The monoisotopic (exact) mass is 202 g/mol. The van der Waals surface area contributed by atoms with Crippen LogP contribution in [-0.4, -0.2) is 55.7 Å². The van der Waals surface area contributed by atoms with Crippen LogP contribution in [0, 0.1) is 0 Å². The molecule has 2 aliphatic rings. The number of aliphatic hydroxyl groups is 4. The first-order valence-electron chi connectivity index (χ1n) is 3.66. The normalized spacial score (nSPS) is 49.7. The van der Waals surface area contributed by atoms with Gasteiger partial charge in [-0.3, -0.25) is 4.79 Å². The molecule has 2 fully saturated rings. The Hall–Kier alpha value is -1.24. The molecule has 7 heteroatoms. The summed E-state index contributed by atoms with van der Waals surface area (Å²) < 4.78 is 4.36. The first kappa shape index (κ1) is 9.32. The van der Waals surface area contributed by atoms with Crippen molar-refractivity contribution < 1.29 is 34.8 Å². The number of aliphatic hydroxyl groups excluding tert-OH is 1. The molecule has 0 amide bonds. The SMILES string of the molecule is O=C=C1OC(O)(CO)[C@]2(O)C(=O)[C@@]12O. The number of ketones is 1. The van der Waals surface area contributed by atoms with Crippen LogP contribution in [0.15, 0.2) is 5.76 Å². The minimum Gasteiger partial charge on any atom is -0.445 e. The van der Waals surface area contributed by atoms with Gasteiger partial charge in [-0.15, -0.1) is 0 Å². The Bertz CT molecular complexity index is 383. The van der Waals surface area contributed by atoms with E-state index in [1.165, 1.54) is 0 Å². The standard InChI is InChI=1S/C7H6O7/c8-1-3-6(12)4(10)7(6,13)5(11,2-9)14-3/h9,11-13H,2H2/t5?,6-,7+/m0/s1. The van der Waals surface area contributed by atoms with Gasteiger partial charge in [0.2, 0.25) is 22.7 Å². The van der Waals surface area contributed by atoms with E-state index in [1.807, 2.05) is 0 Å². The summed E-state index contributed by atoms with van der Waals surface area (Å²) in [4.78, 5) is 21.3. The van der Waals surface area contributed by atoms with Gasteiger partial charge in [0.05, 0.1) is 0 Å². The van der Waals surface area contributed by atoms with Crippen LogP contribution < -0.4 is 0 Å². The van der Waals surface area contributed by atoms with Crippen molar-refractivity contribution in [2.75, 3.05) is 6.61 Å². The fourth-order valence-electron chi connectivity index (χ4n) is 1.64. The molecular weight excluding hydrogens is 196 g/mol. The van der Waals surface area contributed by atoms with Crippen LogP contribution in [0.25, 0.3) is 0 Å². The number of fused-ring (bicyclic) bond motifs is 1. The first-order valence-corrected chi connectivity index (χ1v) is 3.66. The van der Waals surface area contributed by atoms with E-state index in [0.29, 0.717) is 0 Å². The van der Waals surface area contributed by atoms with Crippen molar-refractivity contribution in [2.45, 2.75) is 17.0 Å². The summed E-state index contributed by atoms with van der Waals surface area (Å²) in [5.74, 6) is -3.70. The van der Waals surface area contributed by atoms with E-state index < -0.39 is 35.1 Å². The number of Topliss-reactive ketones (excluding diaryl/α,β-unsaturated/α-hetero) is 1. The van der Waals surface area contributed by atoms with Gasteiger partial charge >= 0.3 is 0 Å². The topological polar surface area (TPSA) is 124 Å². The van der Waals surface area contributed by atoms with Crippen LogP contribution in [0.2, 0.25) is 0 Å². The lowest BCUT2D eigenvalue weighted by atomic mass is 10.1. The third-order valence-corrected chi connectivity index (χ3v) is 2.59. The molecule has 1 saturated carbocycles. The smallest absolute Gasteiger partial charge is 0.272 e. The molecule has 0 aromatic carbocycles. The van der Waals surface area contributed by atoms with Crippen LogP contribution in [-0.2, 0) is 14.3 Å². The maximum Gasteiger partial charge on any atom is 0.272 e. The Labute approximate surface area is 76.8 Å². The number of hydrogen-bond donors (Lipinski definition) is 4. The van der Waals surface area contributed by atoms with Crippen molar-refractivity contribution in [3.63, 3.8) is 0 Å². The zero-order valence-corrected chi connectivity index (χ0v) is 6.72. The fraction of sp³-hybridized carbons (Fsp3) is 0.571. The van der Waals surface area contributed by atoms with Crippen molar-refractivity contribution in [3.05, 3.63) is 5.76 Å². The lowest BCUT2D eigenvalue weighted by Crippen LogP contribution is -2.49. The summed E-state index contributed by atoms with van der Waals surface area (Å²) in [5.41, 5.74) is -5.23. The molecule has 0 radical (unpaired) electrons. The van der Waals surface area contributed by atoms with Crippen LogP contribution in [0.5, 0.6) is 0 Å². The summed E-state index contributed by atoms with van der Waals surface area (Å²) in [7, 11) is 0. The lowest BCUT2D eigenvalue weighted by molar-refractivity contribution is -0.241. The summed E-state index contributed by atoms with van der Waals surface area (Å²) in [6, 6.07) is 0. The van der Waals surface area contributed by atoms with Gasteiger partial charge in [0.25, 0.3) is 5.79 Å². The fourth-order valence-corrected chi connectivity index (χ4v) is 1.64. The quantitative estimate of drug-likeness (QED) is 0.324. The summed E-state index contributed by atoms with van der Waals surface area (Å²) in [6.07, 6.45) is 0. The van der Waals surface area contributed by atoms with E-state index in [2.05, 4.69) is 4.74 Å². The van der Waals surface area contributed by atoms with Crippen molar-refractivity contribution in [1.29, 1.82) is 0 Å². The first-order chi connectivity index (χ1) is 6.38. The average molecular weight is 202 g/mol. The molecule has 1 aliphatic heterocycles. The van der Waals surface area contributed by atoms with Gasteiger partial charge in [0.1, 0.15) is 6.61 Å². The van der Waals surface area contributed by atoms with E-state index in [-0.39, 0.29) is 0 Å². The highest BCUT2D eigenvalue weighted by atomic mass is 16.7. The highest BCUT2D eigenvalue weighted by Gasteiger charge is 2.94. The third kappa shape index (κ3) is 0.561. The van der Waals surface area contributed by atoms with E-state index in [9.17, 15) is 24.9 Å². The summed E-state index contributed by atoms with van der Waals surface area (Å²) in [6.45, 7) is -1.14. The number of carbonyl (C=O) groups excluding carboxylic acids is 2. The number of ether oxygens (including phenoxy) is 1. The van der Waals surface area contributed by atoms with Crippen LogP contribution in [0.3, 0.4) is 0 Å². The van der Waals surface area contributed by atoms with Crippen molar-refractivity contribution >= 4 is 11.7 Å².